The lowest BCUT2D eigenvalue weighted by molar-refractivity contribution is 0.199. The SMILES string of the molecule is Cc1cc(CN2CCN[C@H](C)C2)ccc1F.Cl. The fraction of sp³-hybridized carbons (Fsp3) is 0.538. The molecule has 96 valence electrons. The third-order valence-corrected chi connectivity index (χ3v) is 3.08. The predicted molar refractivity (Wildman–Crippen MR) is 71.1 cm³/mol. The van der Waals surface area contributed by atoms with Crippen LogP contribution >= 0.6 is 12.4 Å². The van der Waals surface area contributed by atoms with E-state index in [1.54, 1.807) is 6.07 Å². The van der Waals surface area contributed by atoms with E-state index >= 15 is 0 Å². The second-order valence-corrected chi connectivity index (χ2v) is 4.67. The summed E-state index contributed by atoms with van der Waals surface area (Å²) in [6.45, 7) is 8.12. The van der Waals surface area contributed by atoms with Gasteiger partial charge in [-0.3, -0.25) is 4.90 Å². The van der Waals surface area contributed by atoms with Crippen molar-refractivity contribution < 1.29 is 4.39 Å². The van der Waals surface area contributed by atoms with Gasteiger partial charge in [-0.05, 0) is 31.0 Å². The van der Waals surface area contributed by atoms with Crippen LogP contribution in [0.25, 0.3) is 0 Å². The van der Waals surface area contributed by atoms with Gasteiger partial charge in [-0.15, -0.1) is 12.4 Å². The third kappa shape index (κ3) is 3.95. The van der Waals surface area contributed by atoms with Crippen molar-refractivity contribution in [2.75, 3.05) is 19.6 Å². The molecule has 0 amide bonds. The van der Waals surface area contributed by atoms with Crippen molar-refractivity contribution in [1.82, 2.24) is 10.2 Å². The van der Waals surface area contributed by atoms with E-state index in [1.165, 1.54) is 5.56 Å². The first-order chi connectivity index (χ1) is 7.65. The minimum atomic E-state index is -0.113. The lowest BCUT2D eigenvalue weighted by Gasteiger charge is -2.31. The summed E-state index contributed by atoms with van der Waals surface area (Å²) in [5.74, 6) is -0.113. The maximum absolute atomic E-state index is 13.1. The summed E-state index contributed by atoms with van der Waals surface area (Å²) < 4.78 is 13.1. The molecule has 1 fully saturated rings. The van der Waals surface area contributed by atoms with E-state index in [9.17, 15) is 4.39 Å². The van der Waals surface area contributed by atoms with Gasteiger partial charge in [-0.2, -0.15) is 0 Å². The van der Waals surface area contributed by atoms with E-state index in [0.717, 1.165) is 31.7 Å². The number of hydrogen-bond acceptors (Lipinski definition) is 2. The molecule has 1 aliphatic heterocycles. The highest BCUT2D eigenvalue weighted by Gasteiger charge is 2.15. The number of benzene rings is 1. The molecule has 0 saturated carbocycles. The highest BCUT2D eigenvalue weighted by molar-refractivity contribution is 5.85. The largest absolute Gasteiger partial charge is 0.312 e. The molecular formula is C13H20ClFN2. The Morgan fingerprint density at radius 1 is 1.47 bits per heavy atom. The Balaban J connectivity index is 0.00000144. The van der Waals surface area contributed by atoms with Gasteiger partial charge in [0.15, 0.2) is 0 Å². The fourth-order valence-corrected chi connectivity index (χ4v) is 2.22. The number of aryl methyl sites for hydroxylation is 1. The lowest BCUT2D eigenvalue weighted by Crippen LogP contribution is -2.48. The molecule has 0 radical (unpaired) electrons. The highest BCUT2D eigenvalue weighted by Crippen LogP contribution is 2.12. The van der Waals surface area contributed by atoms with Gasteiger partial charge in [0.2, 0.25) is 0 Å². The van der Waals surface area contributed by atoms with Crippen LogP contribution in [0.2, 0.25) is 0 Å². The molecule has 1 aliphatic rings. The summed E-state index contributed by atoms with van der Waals surface area (Å²) in [4.78, 5) is 2.41. The number of nitrogens with zero attached hydrogens (tertiary/aromatic N) is 1. The van der Waals surface area contributed by atoms with Gasteiger partial charge in [0, 0.05) is 32.2 Å². The maximum Gasteiger partial charge on any atom is 0.126 e. The summed E-state index contributed by atoms with van der Waals surface area (Å²) >= 11 is 0. The molecule has 17 heavy (non-hydrogen) atoms. The Kier molecular flexibility index (Phi) is 5.37. The van der Waals surface area contributed by atoms with Gasteiger partial charge >= 0.3 is 0 Å². The Morgan fingerprint density at radius 3 is 2.88 bits per heavy atom. The fourth-order valence-electron chi connectivity index (χ4n) is 2.22. The molecule has 4 heteroatoms. The molecule has 0 bridgehead atoms. The minimum Gasteiger partial charge on any atom is -0.312 e. The molecule has 0 aromatic heterocycles. The molecule has 1 N–H and O–H groups in total. The number of hydrogen-bond donors (Lipinski definition) is 1. The van der Waals surface area contributed by atoms with Crippen LogP contribution in [0, 0.1) is 12.7 Å². The van der Waals surface area contributed by atoms with Crippen LogP contribution in [0.15, 0.2) is 18.2 Å². The molecule has 0 aliphatic carbocycles. The highest BCUT2D eigenvalue weighted by atomic mass is 35.5. The number of rotatable bonds is 2. The molecule has 2 rings (SSSR count). The van der Waals surface area contributed by atoms with Crippen molar-refractivity contribution in [3.63, 3.8) is 0 Å². The number of nitrogens with one attached hydrogen (secondary N) is 1. The second-order valence-electron chi connectivity index (χ2n) is 4.67. The number of piperazine rings is 1. The van der Waals surface area contributed by atoms with Crippen molar-refractivity contribution in [3.05, 3.63) is 35.1 Å². The summed E-state index contributed by atoms with van der Waals surface area (Å²) in [6.07, 6.45) is 0. The molecular weight excluding hydrogens is 239 g/mol. The molecule has 1 heterocycles. The Hall–Kier alpha value is -0.640. The third-order valence-electron chi connectivity index (χ3n) is 3.08. The zero-order valence-electron chi connectivity index (χ0n) is 10.4. The van der Waals surface area contributed by atoms with Crippen LogP contribution < -0.4 is 5.32 Å². The van der Waals surface area contributed by atoms with Gasteiger partial charge in [0.05, 0.1) is 0 Å². The molecule has 0 unspecified atom stereocenters. The minimum absolute atomic E-state index is 0. The topological polar surface area (TPSA) is 15.3 Å². The van der Waals surface area contributed by atoms with E-state index in [0.29, 0.717) is 6.04 Å². The standard InChI is InChI=1S/C13H19FN2.ClH/c1-10-7-12(3-4-13(10)14)9-16-6-5-15-11(2)8-16;/h3-4,7,11,15H,5-6,8-9H2,1-2H3;1H/t11-;/m1./s1. The Labute approximate surface area is 109 Å². The molecule has 1 atom stereocenters. The molecule has 1 saturated heterocycles. The van der Waals surface area contributed by atoms with Gasteiger partial charge in [0.1, 0.15) is 5.82 Å². The zero-order chi connectivity index (χ0) is 11.5. The average Bonchev–Trinajstić information content (AvgIpc) is 2.24. The molecule has 1 aromatic carbocycles. The zero-order valence-corrected chi connectivity index (χ0v) is 11.2. The van der Waals surface area contributed by atoms with E-state index in [2.05, 4.69) is 17.1 Å². The van der Waals surface area contributed by atoms with Gasteiger partial charge in [0.25, 0.3) is 0 Å². The Bertz CT molecular complexity index is 370. The first-order valence-electron chi connectivity index (χ1n) is 5.86. The molecule has 1 aromatic rings. The second kappa shape index (κ2) is 6.34. The smallest absolute Gasteiger partial charge is 0.126 e. The van der Waals surface area contributed by atoms with Crippen molar-refractivity contribution in [1.29, 1.82) is 0 Å². The van der Waals surface area contributed by atoms with Crippen LogP contribution in [0.3, 0.4) is 0 Å². The van der Waals surface area contributed by atoms with Crippen LogP contribution in [0.4, 0.5) is 4.39 Å². The summed E-state index contributed by atoms with van der Waals surface area (Å²) in [6, 6.07) is 5.95. The molecule has 0 spiro atoms. The molecule has 2 nitrogen and oxygen atoms in total. The van der Waals surface area contributed by atoms with E-state index in [1.807, 2.05) is 19.1 Å². The van der Waals surface area contributed by atoms with E-state index < -0.39 is 0 Å². The number of halogens is 2. The van der Waals surface area contributed by atoms with Crippen LogP contribution in [-0.2, 0) is 6.54 Å². The first kappa shape index (κ1) is 14.4. The van der Waals surface area contributed by atoms with Gasteiger partial charge < -0.3 is 5.32 Å². The monoisotopic (exact) mass is 258 g/mol. The summed E-state index contributed by atoms with van der Waals surface area (Å²) in [5.41, 5.74) is 1.94. The van der Waals surface area contributed by atoms with Crippen LogP contribution in [0.1, 0.15) is 18.1 Å². The maximum atomic E-state index is 13.1. The summed E-state index contributed by atoms with van der Waals surface area (Å²) in [7, 11) is 0. The van der Waals surface area contributed by atoms with Crippen LogP contribution in [-0.4, -0.2) is 30.6 Å². The van der Waals surface area contributed by atoms with Crippen molar-refractivity contribution >= 4 is 12.4 Å². The van der Waals surface area contributed by atoms with Gasteiger partial charge in [-0.25, -0.2) is 4.39 Å². The van der Waals surface area contributed by atoms with E-state index in [-0.39, 0.29) is 18.2 Å². The Morgan fingerprint density at radius 2 is 2.24 bits per heavy atom. The van der Waals surface area contributed by atoms with Crippen molar-refractivity contribution in [2.45, 2.75) is 26.4 Å². The first-order valence-corrected chi connectivity index (χ1v) is 5.86. The van der Waals surface area contributed by atoms with E-state index in [4.69, 9.17) is 0 Å². The van der Waals surface area contributed by atoms with Gasteiger partial charge in [-0.1, -0.05) is 12.1 Å². The lowest BCUT2D eigenvalue weighted by atomic mass is 10.1. The average molecular weight is 259 g/mol. The van der Waals surface area contributed by atoms with Crippen molar-refractivity contribution in [3.8, 4) is 0 Å². The normalized spacial score (nSPS) is 21.0. The predicted octanol–water partition coefficient (Wildman–Crippen LogP) is 2.35. The quantitative estimate of drug-likeness (QED) is 0.876. The van der Waals surface area contributed by atoms with Crippen LogP contribution in [0.5, 0.6) is 0 Å². The van der Waals surface area contributed by atoms with Crippen molar-refractivity contribution in [2.24, 2.45) is 0 Å². The summed E-state index contributed by atoms with van der Waals surface area (Å²) in [5, 5.41) is 3.42.